The number of rotatable bonds is 2. The van der Waals surface area contributed by atoms with Gasteiger partial charge in [-0.2, -0.15) is 0 Å². The van der Waals surface area contributed by atoms with Gasteiger partial charge in [-0.25, -0.2) is 0 Å². The minimum absolute atomic E-state index is 0.0412. The lowest BCUT2D eigenvalue weighted by atomic mass is 9.79. The molecule has 1 aromatic rings. The molecule has 0 bridgehead atoms. The molecule has 106 valence electrons. The molecule has 2 heterocycles. The predicted octanol–water partition coefficient (Wildman–Crippen LogP) is 1.24. The first-order chi connectivity index (χ1) is 9.70. The third-order valence-electron chi connectivity index (χ3n) is 4.24. The minimum Gasteiger partial charge on any atom is -0.340 e. The molecule has 1 aliphatic heterocycles. The summed E-state index contributed by atoms with van der Waals surface area (Å²) in [6, 6.07) is 3.76. The maximum absolute atomic E-state index is 12.7. The van der Waals surface area contributed by atoms with Crippen LogP contribution in [0.15, 0.2) is 24.5 Å². The van der Waals surface area contributed by atoms with Crippen LogP contribution in [-0.2, 0) is 16.1 Å². The molecule has 0 aromatic carbocycles. The summed E-state index contributed by atoms with van der Waals surface area (Å²) in [5.74, 6) is 0.0363. The van der Waals surface area contributed by atoms with Crippen LogP contribution in [0.2, 0.25) is 0 Å². The van der Waals surface area contributed by atoms with Gasteiger partial charge in [0.2, 0.25) is 11.8 Å². The zero-order valence-electron chi connectivity index (χ0n) is 11.5. The van der Waals surface area contributed by atoms with E-state index in [9.17, 15) is 9.59 Å². The van der Waals surface area contributed by atoms with E-state index < -0.39 is 5.54 Å². The van der Waals surface area contributed by atoms with Crippen LogP contribution in [0.25, 0.3) is 0 Å². The van der Waals surface area contributed by atoms with Gasteiger partial charge in [-0.1, -0.05) is 19.3 Å². The van der Waals surface area contributed by atoms with Gasteiger partial charge in [-0.15, -0.1) is 0 Å². The van der Waals surface area contributed by atoms with Crippen LogP contribution in [0.3, 0.4) is 0 Å². The minimum atomic E-state index is -0.638. The largest absolute Gasteiger partial charge is 0.340 e. The summed E-state index contributed by atoms with van der Waals surface area (Å²) in [5.41, 5.74) is 0.370. The fourth-order valence-corrected chi connectivity index (χ4v) is 3.24. The Morgan fingerprint density at radius 2 is 1.85 bits per heavy atom. The van der Waals surface area contributed by atoms with Crippen LogP contribution in [0.1, 0.15) is 37.7 Å². The first kappa shape index (κ1) is 13.1. The Labute approximate surface area is 118 Å². The van der Waals surface area contributed by atoms with Crippen LogP contribution >= 0.6 is 0 Å². The zero-order chi connectivity index (χ0) is 14.0. The van der Waals surface area contributed by atoms with Gasteiger partial charge in [-0.3, -0.25) is 14.6 Å². The fourth-order valence-electron chi connectivity index (χ4n) is 3.24. The van der Waals surface area contributed by atoms with Crippen LogP contribution in [0.5, 0.6) is 0 Å². The van der Waals surface area contributed by atoms with E-state index in [1.807, 2.05) is 12.1 Å². The van der Waals surface area contributed by atoms with Gasteiger partial charge in [0, 0.05) is 18.9 Å². The lowest BCUT2D eigenvalue weighted by Gasteiger charge is -2.44. The van der Waals surface area contributed by atoms with Crippen molar-refractivity contribution in [1.82, 2.24) is 15.2 Å². The fraction of sp³-hybridized carbons (Fsp3) is 0.533. The second-order valence-electron chi connectivity index (χ2n) is 5.71. The summed E-state index contributed by atoms with van der Waals surface area (Å²) >= 11 is 0. The molecular formula is C15H19N3O2. The molecule has 2 aliphatic rings. The van der Waals surface area contributed by atoms with Gasteiger partial charge in [0.1, 0.15) is 5.54 Å². The monoisotopic (exact) mass is 273 g/mol. The van der Waals surface area contributed by atoms with Gasteiger partial charge in [-0.05, 0) is 30.5 Å². The number of aromatic nitrogens is 1. The second-order valence-corrected chi connectivity index (χ2v) is 5.71. The predicted molar refractivity (Wildman–Crippen MR) is 73.6 cm³/mol. The molecule has 5 nitrogen and oxygen atoms in total. The van der Waals surface area contributed by atoms with Crippen LogP contribution in [-0.4, -0.2) is 33.8 Å². The van der Waals surface area contributed by atoms with E-state index >= 15 is 0 Å². The molecular weight excluding hydrogens is 254 g/mol. The number of nitrogens with one attached hydrogen (secondary N) is 1. The number of carbonyl (C=O) groups excluding carboxylic acids is 2. The topological polar surface area (TPSA) is 62.3 Å². The number of carbonyl (C=O) groups is 2. The molecule has 1 N–H and O–H groups in total. The molecule has 1 saturated carbocycles. The van der Waals surface area contributed by atoms with Crippen molar-refractivity contribution in [3.05, 3.63) is 30.1 Å². The quantitative estimate of drug-likeness (QED) is 0.882. The Kier molecular flexibility index (Phi) is 3.42. The van der Waals surface area contributed by atoms with E-state index in [1.54, 1.807) is 17.3 Å². The van der Waals surface area contributed by atoms with E-state index in [4.69, 9.17) is 0 Å². The van der Waals surface area contributed by atoms with Gasteiger partial charge < -0.3 is 10.2 Å². The van der Waals surface area contributed by atoms with Crippen molar-refractivity contribution < 1.29 is 9.59 Å². The Morgan fingerprint density at radius 1 is 1.15 bits per heavy atom. The van der Waals surface area contributed by atoms with Crippen LogP contribution < -0.4 is 5.32 Å². The molecule has 1 spiro atoms. The molecule has 2 amide bonds. The number of nitrogens with zero attached hydrogens (tertiary/aromatic N) is 2. The Morgan fingerprint density at radius 3 is 2.55 bits per heavy atom. The molecule has 3 rings (SSSR count). The van der Waals surface area contributed by atoms with E-state index in [1.165, 1.54) is 0 Å². The first-order valence-electron chi connectivity index (χ1n) is 7.19. The van der Waals surface area contributed by atoms with Crippen molar-refractivity contribution in [3.8, 4) is 0 Å². The third kappa shape index (κ3) is 2.40. The highest BCUT2D eigenvalue weighted by atomic mass is 16.2. The molecule has 1 saturated heterocycles. The highest BCUT2D eigenvalue weighted by Gasteiger charge is 2.46. The highest BCUT2D eigenvalue weighted by Crippen LogP contribution is 2.32. The lowest BCUT2D eigenvalue weighted by molar-refractivity contribution is -0.152. The maximum atomic E-state index is 12.7. The van der Waals surface area contributed by atoms with Crippen molar-refractivity contribution in [2.24, 2.45) is 0 Å². The normalized spacial score (nSPS) is 21.9. The van der Waals surface area contributed by atoms with Crippen molar-refractivity contribution >= 4 is 11.8 Å². The van der Waals surface area contributed by atoms with E-state index in [0.717, 1.165) is 37.7 Å². The molecule has 0 atom stereocenters. The third-order valence-corrected chi connectivity index (χ3v) is 4.24. The molecule has 2 fully saturated rings. The average Bonchev–Trinajstić information content (AvgIpc) is 2.46. The Hall–Kier alpha value is -1.91. The van der Waals surface area contributed by atoms with Crippen molar-refractivity contribution in [2.75, 3.05) is 6.54 Å². The summed E-state index contributed by atoms with van der Waals surface area (Å²) in [7, 11) is 0. The smallest absolute Gasteiger partial charge is 0.249 e. The van der Waals surface area contributed by atoms with Crippen LogP contribution in [0.4, 0.5) is 0 Å². The molecule has 5 heteroatoms. The molecule has 1 aromatic heterocycles. The first-order valence-corrected chi connectivity index (χ1v) is 7.19. The number of hydrogen-bond donors (Lipinski definition) is 1. The maximum Gasteiger partial charge on any atom is 0.249 e. The number of amides is 2. The summed E-state index contributed by atoms with van der Waals surface area (Å²) in [6.07, 6.45) is 8.12. The molecule has 0 unspecified atom stereocenters. The van der Waals surface area contributed by atoms with Crippen molar-refractivity contribution in [2.45, 2.75) is 44.2 Å². The second kappa shape index (κ2) is 5.23. The summed E-state index contributed by atoms with van der Waals surface area (Å²) in [6.45, 7) is 0.638. The van der Waals surface area contributed by atoms with E-state index in [0.29, 0.717) is 6.54 Å². The Bertz CT molecular complexity index is 509. The molecule has 20 heavy (non-hydrogen) atoms. The van der Waals surface area contributed by atoms with Gasteiger partial charge in [0.25, 0.3) is 0 Å². The van der Waals surface area contributed by atoms with Gasteiger partial charge in [0.05, 0.1) is 6.54 Å². The molecule has 0 radical (unpaired) electrons. The summed E-state index contributed by atoms with van der Waals surface area (Å²) in [4.78, 5) is 30.4. The zero-order valence-corrected chi connectivity index (χ0v) is 11.5. The van der Waals surface area contributed by atoms with E-state index in [-0.39, 0.29) is 18.4 Å². The SMILES string of the molecule is O=C1CN(Cc2ccncc2)C(=O)C2(CCCCC2)N1. The van der Waals surface area contributed by atoms with Gasteiger partial charge in [0.15, 0.2) is 0 Å². The number of hydrogen-bond acceptors (Lipinski definition) is 3. The van der Waals surface area contributed by atoms with Crippen LogP contribution in [0, 0.1) is 0 Å². The molecule has 1 aliphatic carbocycles. The lowest BCUT2D eigenvalue weighted by Crippen LogP contribution is -2.66. The van der Waals surface area contributed by atoms with E-state index in [2.05, 4.69) is 10.3 Å². The van der Waals surface area contributed by atoms with Crippen molar-refractivity contribution in [1.29, 1.82) is 0 Å². The average molecular weight is 273 g/mol. The Balaban J connectivity index is 1.80. The summed E-state index contributed by atoms with van der Waals surface area (Å²) in [5, 5.41) is 2.95. The highest BCUT2D eigenvalue weighted by molar-refractivity contribution is 5.98. The standard InChI is InChI=1S/C15H19N3O2/c19-13-11-18(10-12-4-8-16-9-5-12)14(20)15(17-13)6-2-1-3-7-15/h4-5,8-9H,1-3,6-7,10-11H2,(H,17,19). The van der Waals surface area contributed by atoms with Gasteiger partial charge >= 0.3 is 0 Å². The number of pyridine rings is 1. The summed E-state index contributed by atoms with van der Waals surface area (Å²) < 4.78 is 0. The number of piperazine rings is 1. The van der Waals surface area contributed by atoms with Crippen molar-refractivity contribution in [3.63, 3.8) is 0 Å².